The van der Waals surface area contributed by atoms with Crippen molar-refractivity contribution in [3.05, 3.63) is 39.4 Å². The van der Waals surface area contributed by atoms with Crippen molar-refractivity contribution < 1.29 is 14.8 Å². The summed E-state index contributed by atoms with van der Waals surface area (Å²) in [6, 6.07) is 4.88. The fraction of sp³-hybridized carbons (Fsp3) is 0.462. The molecule has 2 rings (SSSR count). The van der Waals surface area contributed by atoms with Gasteiger partial charge < -0.3 is 10.4 Å². The van der Waals surface area contributed by atoms with E-state index in [-0.39, 0.29) is 11.1 Å². The van der Waals surface area contributed by atoms with E-state index in [9.17, 15) is 14.9 Å². The van der Waals surface area contributed by atoms with Crippen LogP contribution in [0.1, 0.15) is 24.0 Å². The van der Waals surface area contributed by atoms with Gasteiger partial charge in [0, 0.05) is 29.8 Å². The second-order valence-electron chi connectivity index (χ2n) is 4.97. The van der Waals surface area contributed by atoms with Crippen molar-refractivity contribution in [1.29, 1.82) is 0 Å². The third kappa shape index (κ3) is 3.04. The molecule has 1 aliphatic rings. The Balaban J connectivity index is 2.30. The Morgan fingerprint density at radius 3 is 2.75 bits per heavy atom. The van der Waals surface area contributed by atoms with Gasteiger partial charge in [0.15, 0.2) is 0 Å². The molecule has 0 heterocycles. The van der Waals surface area contributed by atoms with Gasteiger partial charge in [0.25, 0.3) is 5.69 Å². The molecule has 0 spiro atoms. The highest BCUT2D eigenvalue weighted by molar-refractivity contribution is 7.97. The summed E-state index contributed by atoms with van der Waals surface area (Å²) in [5.74, 6) is 0.686. The van der Waals surface area contributed by atoms with E-state index in [0.717, 1.165) is 24.0 Å². The minimum atomic E-state index is -1.04. The van der Waals surface area contributed by atoms with Gasteiger partial charge in [0.1, 0.15) is 0 Å². The van der Waals surface area contributed by atoms with Gasteiger partial charge in [-0.1, -0.05) is 6.07 Å². The third-order valence-corrected chi connectivity index (χ3v) is 4.20. The zero-order valence-electron chi connectivity index (χ0n) is 11.1. The number of amides is 1. The molecule has 0 aliphatic heterocycles. The smallest absolute Gasteiger partial charge is 0.404 e. The summed E-state index contributed by atoms with van der Waals surface area (Å²) in [6.45, 7) is 0.363. The Hall–Kier alpha value is -1.76. The molecule has 108 valence electrons. The van der Waals surface area contributed by atoms with E-state index < -0.39 is 11.0 Å². The number of hydrogen-bond acceptors (Lipinski definition) is 4. The van der Waals surface area contributed by atoms with Gasteiger partial charge in [-0.2, -0.15) is 11.8 Å². The number of non-ortho nitro benzene ring substituents is 1. The summed E-state index contributed by atoms with van der Waals surface area (Å²) in [4.78, 5) is 21.1. The van der Waals surface area contributed by atoms with Gasteiger partial charge >= 0.3 is 6.09 Å². The van der Waals surface area contributed by atoms with Crippen molar-refractivity contribution in [2.75, 3.05) is 12.8 Å². The lowest BCUT2D eigenvalue weighted by atomic mass is 9.91. The average Bonchev–Trinajstić information content (AvgIpc) is 3.17. The molecule has 1 saturated carbocycles. The minimum Gasteiger partial charge on any atom is -0.465 e. The Labute approximate surface area is 120 Å². The molecule has 1 aromatic rings. The molecule has 1 amide bonds. The number of carboxylic acid groups (broad SMARTS) is 1. The molecule has 7 heteroatoms. The molecule has 2 N–H and O–H groups in total. The van der Waals surface area contributed by atoms with Crippen LogP contribution in [-0.2, 0) is 11.2 Å². The summed E-state index contributed by atoms with van der Waals surface area (Å²) >= 11 is 1.60. The standard InChI is InChI=1S/C13H16N2O4S/c1-20-7-9-6-10(15(18)19)2-3-11(9)13(4-5-13)8-14-12(16)17/h2-3,6,14H,4-5,7-8H2,1H3,(H,16,17). The van der Waals surface area contributed by atoms with Crippen molar-refractivity contribution in [2.24, 2.45) is 0 Å². The molecule has 1 fully saturated rings. The van der Waals surface area contributed by atoms with Crippen LogP contribution < -0.4 is 5.32 Å². The van der Waals surface area contributed by atoms with Gasteiger partial charge in [0.05, 0.1) is 4.92 Å². The van der Waals surface area contributed by atoms with Crippen molar-refractivity contribution in [1.82, 2.24) is 5.32 Å². The van der Waals surface area contributed by atoms with E-state index in [0.29, 0.717) is 12.3 Å². The van der Waals surface area contributed by atoms with Crippen LogP contribution >= 0.6 is 11.8 Å². The summed E-state index contributed by atoms with van der Waals surface area (Å²) < 4.78 is 0. The van der Waals surface area contributed by atoms with Gasteiger partial charge in [-0.05, 0) is 30.2 Å². The molecule has 0 atom stereocenters. The quantitative estimate of drug-likeness (QED) is 0.622. The molecule has 0 bridgehead atoms. The lowest BCUT2D eigenvalue weighted by Gasteiger charge is -2.19. The van der Waals surface area contributed by atoms with E-state index in [1.165, 1.54) is 6.07 Å². The number of nitrogens with zero attached hydrogens (tertiary/aromatic N) is 1. The zero-order valence-corrected chi connectivity index (χ0v) is 11.9. The van der Waals surface area contributed by atoms with Crippen LogP contribution in [0.5, 0.6) is 0 Å². The lowest BCUT2D eigenvalue weighted by molar-refractivity contribution is -0.384. The largest absolute Gasteiger partial charge is 0.465 e. The Bertz CT molecular complexity index is 543. The van der Waals surface area contributed by atoms with Crippen LogP contribution in [0.25, 0.3) is 0 Å². The predicted molar refractivity (Wildman–Crippen MR) is 77.3 cm³/mol. The second kappa shape index (κ2) is 5.70. The fourth-order valence-electron chi connectivity index (χ4n) is 2.42. The first-order chi connectivity index (χ1) is 9.48. The van der Waals surface area contributed by atoms with Crippen molar-refractivity contribution >= 4 is 23.5 Å². The topological polar surface area (TPSA) is 92.5 Å². The van der Waals surface area contributed by atoms with E-state index >= 15 is 0 Å². The molecule has 6 nitrogen and oxygen atoms in total. The highest BCUT2D eigenvalue weighted by Crippen LogP contribution is 2.49. The molecule has 1 aliphatic carbocycles. The molecule has 0 saturated heterocycles. The number of thioether (sulfide) groups is 1. The van der Waals surface area contributed by atoms with Gasteiger partial charge in [0.2, 0.25) is 0 Å². The first-order valence-corrected chi connectivity index (χ1v) is 7.61. The van der Waals surface area contributed by atoms with Gasteiger partial charge in [-0.15, -0.1) is 0 Å². The third-order valence-electron chi connectivity index (χ3n) is 3.60. The van der Waals surface area contributed by atoms with E-state index in [2.05, 4.69) is 5.32 Å². The Kier molecular flexibility index (Phi) is 4.17. The summed E-state index contributed by atoms with van der Waals surface area (Å²) in [7, 11) is 0. The first kappa shape index (κ1) is 14.6. The highest BCUT2D eigenvalue weighted by atomic mass is 32.2. The van der Waals surface area contributed by atoms with E-state index in [1.807, 2.05) is 6.26 Å². The molecule has 0 aromatic heterocycles. The van der Waals surface area contributed by atoms with Crippen LogP contribution in [0.3, 0.4) is 0 Å². The Morgan fingerprint density at radius 1 is 1.55 bits per heavy atom. The second-order valence-corrected chi connectivity index (χ2v) is 5.84. The molecule has 0 radical (unpaired) electrons. The summed E-state index contributed by atoms with van der Waals surface area (Å²) in [5, 5.41) is 22.0. The fourth-order valence-corrected chi connectivity index (χ4v) is 2.97. The van der Waals surface area contributed by atoms with E-state index in [1.54, 1.807) is 23.9 Å². The van der Waals surface area contributed by atoms with Crippen molar-refractivity contribution in [3.8, 4) is 0 Å². The molecule has 20 heavy (non-hydrogen) atoms. The molecule has 0 unspecified atom stereocenters. The zero-order chi connectivity index (χ0) is 14.8. The van der Waals surface area contributed by atoms with Crippen LogP contribution in [0.15, 0.2) is 18.2 Å². The highest BCUT2D eigenvalue weighted by Gasteiger charge is 2.45. The lowest BCUT2D eigenvalue weighted by Crippen LogP contribution is -2.31. The van der Waals surface area contributed by atoms with Gasteiger partial charge in [-0.25, -0.2) is 4.79 Å². The number of nitrogens with one attached hydrogen (secondary N) is 1. The number of hydrogen-bond donors (Lipinski definition) is 2. The van der Waals surface area contributed by atoms with Crippen LogP contribution in [0, 0.1) is 10.1 Å². The molecular formula is C13H16N2O4S. The number of nitro benzene ring substituents is 1. The van der Waals surface area contributed by atoms with Crippen molar-refractivity contribution in [3.63, 3.8) is 0 Å². The average molecular weight is 296 g/mol. The normalized spacial score (nSPS) is 15.7. The summed E-state index contributed by atoms with van der Waals surface area (Å²) in [5.41, 5.74) is 1.86. The van der Waals surface area contributed by atoms with Gasteiger partial charge in [-0.3, -0.25) is 10.1 Å². The summed E-state index contributed by atoms with van der Waals surface area (Å²) in [6.07, 6.45) is 2.72. The number of rotatable bonds is 6. The first-order valence-electron chi connectivity index (χ1n) is 6.22. The minimum absolute atomic E-state index is 0.0831. The molecule has 1 aromatic carbocycles. The number of carbonyl (C=O) groups is 1. The maximum atomic E-state index is 10.9. The monoisotopic (exact) mass is 296 g/mol. The maximum absolute atomic E-state index is 10.9. The van der Waals surface area contributed by atoms with Crippen LogP contribution in [-0.4, -0.2) is 28.9 Å². The predicted octanol–water partition coefficient (Wildman–Crippen LogP) is 2.76. The van der Waals surface area contributed by atoms with E-state index in [4.69, 9.17) is 5.11 Å². The number of nitro groups is 1. The Morgan fingerprint density at radius 2 is 2.25 bits per heavy atom. The number of benzene rings is 1. The SMILES string of the molecule is CSCc1cc([N+](=O)[O-])ccc1C1(CNC(=O)O)CC1. The van der Waals surface area contributed by atoms with Crippen LogP contribution in [0.2, 0.25) is 0 Å². The maximum Gasteiger partial charge on any atom is 0.404 e. The van der Waals surface area contributed by atoms with Crippen LogP contribution in [0.4, 0.5) is 10.5 Å². The molecular weight excluding hydrogens is 280 g/mol. The van der Waals surface area contributed by atoms with Crippen molar-refractivity contribution in [2.45, 2.75) is 24.0 Å².